The number of anilines is 1. The van der Waals surface area contributed by atoms with Crippen molar-refractivity contribution in [3.63, 3.8) is 0 Å². The summed E-state index contributed by atoms with van der Waals surface area (Å²) in [6, 6.07) is 6.40. The molecule has 0 saturated heterocycles. The molecule has 4 aromatic rings. The number of imidazole rings is 1. The van der Waals surface area contributed by atoms with Crippen LogP contribution in [-0.2, 0) is 11.3 Å². The minimum Gasteiger partial charge on any atom is -0.370 e. The summed E-state index contributed by atoms with van der Waals surface area (Å²) in [5, 5.41) is 5.07. The van der Waals surface area contributed by atoms with Crippen LogP contribution in [0.4, 0.5) is 9.52 Å². The molecule has 0 aliphatic carbocycles. The lowest BCUT2D eigenvalue weighted by atomic mass is 10.2. The summed E-state index contributed by atoms with van der Waals surface area (Å²) in [7, 11) is 0. The van der Waals surface area contributed by atoms with Gasteiger partial charge in [-0.1, -0.05) is 0 Å². The van der Waals surface area contributed by atoms with Gasteiger partial charge in [0, 0.05) is 43.0 Å². The van der Waals surface area contributed by atoms with Crippen LogP contribution in [0.3, 0.4) is 0 Å². The van der Waals surface area contributed by atoms with Crippen molar-refractivity contribution in [1.29, 1.82) is 0 Å². The molecule has 0 saturated carbocycles. The van der Waals surface area contributed by atoms with Gasteiger partial charge in [-0.2, -0.15) is 4.39 Å². The zero-order valence-corrected chi connectivity index (χ0v) is 19.1. The first-order chi connectivity index (χ1) is 16.4. The first-order valence-corrected chi connectivity index (χ1v) is 11.3. The van der Waals surface area contributed by atoms with Gasteiger partial charge in [-0.05, 0) is 48.9 Å². The molecule has 4 heterocycles. The van der Waals surface area contributed by atoms with Crippen LogP contribution in [0.2, 0.25) is 0 Å². The number of amides is 2. The maximum atomic E-state index is 13.4. The van der Waals surface area contributed by atoms with E-state index in [-0.39, 0.29) is 24.3 Å². The Morgan fingerprint density at radius 1 is 1.26 bits per heavy atom. The predicted molar refractivity (Wildman–Crippen MR) is 127 cm³/mol. The first-order valence-electron chi connectivity index (χ1n) is 10.4. The molecule has 1 unspecified atom stereocenters. The fourth-order valence-electron chi connectivity index (χ4n) is 3.32. The monoisotopic (exact) mass is 479 g/mol. The second-order valence-electron chi connectivity index (χ2n) is 7.64. The molecule has 0 aliphatic heterocycles. The lowest BCUT2D eigenvalue weighted by Crippen LogP contribution is -2.17. The van der Waals surface area contributed by atoms with Crippen LogP contribution in [0.1, 0.15) is 46.8 Å². The highest BCUT2D eigenvalue weighted by atomic mass is 32.1. The molecule has 4 rings (SSSR count). The lowest BCUT2D eigenvalue weighted by Gasteiger charge is -2.09. The van der Waals surface area contributed by atoms with E-state index in [0.29, 0.717) is 34.3 Å². The van der Waals surface area contributed by atoms with Gasteiger partial charge in [0.25, 0.3) is 5.91 Å². The number of primary amides is 1. The molecule has 0 aliphatic rings. The van der Waals surface area contributed by atoms with Crippen LogP contribution >= 0.6 is 11.3 Å². The van der Waals surface area contributed by atoms with Gasteiger partial charge in [0.2, 0.25) is 11.9 Å². The average Bonchev–Trinajstić information content (AvgIpc) is 3.53. The van der Waals surface area contributed by atoms with Crippen molar-refractivity contribution < 1.29 is 14.0 Å². The molecular formula is C23H22FN7O2S. The predicted octanol–water partition coefficient (Wildman–Crippen LogP) is 3.58. The van der Waals surface area contributed by atoms with Gasteiger partial charge in [0.1, 0.15) is 5.69 Å². The van der Waals surface area contributed by atoms with E-state index in [1.54, 1.807) is 47.4 Å². The summed E-state index contributed by atoms with van der Waals surface area (Å²) in [5.74, 6) is -1.24. The molecule has 9 nitrogen and oxygen atoms in total. The van der Waals surface area contributed by atoms with Crippen LogP contribution in [0.5, 0.6) is 0 Å². The molecular weight excluding hydrogens is 457 g/mol. The van der Waals surface area contributed by atoms with Gasteiger partial charge in [0.15, 0.2) is 5.13 Å². The van der Waals surface area contributed by atoms with Crippen molar-refractivity contribution >= 4 is 40.4 Å². The van der Waals surface area contributed by atoms with Crippen LogP contribution < -0.4 is 11.1 Å². The molecule has 0 spiro atoms. The van der Waals surface area contributed by atoms with Crippen LogP contribution in [0.25, 0.3) is 12.2 Å². The van der Waals surface area contributed by atoms with Crippen LogP contribution in [-0.4, -0.2) is 35.9 Å². The molecule has 34 heavy (non-hydrogen) atoms. The Labute approximate surface area is 198 Å². The van der Waals surface area contributed by atoms with Crippen LogP contribution in [0, 0.1) is 5.95 Å². The lowest BCUT2D eigenvalue weighted by molar-refractivity contribution is -0.118. The van der Waals surface area contributed by atoms with E-state index >= 15 is 0 Å². The van der Waals surface area contributed by atoms with Crippen molar-refractivity contribution in [1.82, 2.24) is 24.1 Å². The quantitative estimate of drug-likeness (QED) is 0.356. The summed E-state index contributed by atoms with van der Waals surface area (Å²) in [6.07, 6.45) is 10.4. The largest absolute Gasteiger partial charge is 0.370 e. The zero-order valence-electron chi connectivity index (χ0n) is 18.3. The number of hydrogen-bond donors (Lipinski definition) is 2. The van der Waals surface area contributed by atoms with E-state index in [0.717, 1.165) is 0 Å². The molecule has 0 radical (unpaired) electrons. The van der Waals surface area contributed by atoms with E-state index in [2.05, 4.69) is 20.3 Å². The van der Waals surface area contributed by atoms with E-state index in [1.165, 1.54) is 23.6 Å². The summed E-state index contributed by atoms with van der Waals surface area (Å²) in [4.78, 5) is 36.1. The highest BCUT2D eigenvalue weighted by molar-refractivity contribution is 7.14. The van der Waals surface area contributed by atoms with Gasteiger partial charge in [-0.25, -0.2) is 15.0 Å². The Hall–Kier alpha value is -4.12. The average molecular weight is 480 g/mol. The third-order valence-corrected chi connectivity index (χ3v) is 5.78. The smallest absolute Gasteiger partial charge is 0.274 e. The Morgan fingerprint density at radius 3 is 2.88 bits per heavy atom. The maximum Gasteiger partial charge on any atom is 0.274 e. The number of pyridine rings is 1. The van der Waals surface area contributed by atoms with E-state index in [9.17, 15) is 14.0 Å². The molecule has 0 aromatic carbocycles. The van der Waals surface area contributed by atoms with Gasteiger partial charge in [-0.15, -0.1) is 11.3 Å². The number of nitrogens with one attached hydrogen (secondary N) is 1. The van der Waals surface area contributed by atoms with Crippen molar-refractivity contribution in [3.05, 3.63) is 83.2 Å². The standard InChI is InChI=1S/C23H22FN7O2S/c1-15(9-21(25)32)31-12-17(27-14-31)4-5-18-13-34-23(28-18)29-22(33)19-3-2-8-30(19)11-16-6-7-26-20(24)10-16/h2-8,10,12-15H,9,11H2,1H3,(H2,25,32)(H,28,29,33)/b5-4+. The fourth-order valence-corrected chi connectivity index (χ4v) is 4.00. The summed E-state index contributed by atoms with van der Waals surface area (Å²) in [6.45, 7) is 2.23. The van der Waals surface area contributed by atoms with Gasteiger partial charge < -0.3 is 14.9 Å². The molecule has 174 valence electrons. The van der Waals surface area contributed by atoms with Crippen molar-refractivity contribution in [2.45, 2.75) is 25.9 Å². The summed E-state index contributed by atoms with van der Waals surface area (Å²) in [5.41, 5.74) is 7.76. The minimum atomic E-state index is -0.564. The normalized spacial score (nSPS) is 12.2. The SMILES string of the molecule is CC(CC(N)=O)n1cnc(/C=C/c2csc(NC(=O)c3cccn3Cc3ccnc(F)c3)n2)c1. The molecule has 0 bridgehead atoms. The second-order valence-corrected chi connectivity index (χ2v) is 8.50. The summed E-state index contributed by atoms with van der Waals surface area (Å²) < 4.78 is 16.9. The van der Waals surface area contributed by atoms with Crippen LogP contribution in [0.15, 0.2) is 54.6 Å². The molecule has 2 amide bonds. The number of nitrogens with two attached hydrogens (primary N) is 1. The third kappa shape index (κ3) is 5.81. The molecule has 4 aromatic heterocycles. The second kappa shape index (κ2) is 10.2. The topological polar surface area (TPSA) is 121 Å². The first kappa shape index (κ1) is 23.1. The van der Waals surface area contributed by atoms with E-state index in [1.807, 2.05) is 23.1 Å². The Kier molecular flexibility index (Phi) is 6.93. The zero-order chi connectivity index (χ0) is 24.1. The molecule has 11 heteroatoms. The molecule has 1 atom stereocenters. The number of rotatable bonds is 9. The Balaban J connectivity index is 1.38. The van der Waals surface area contributed by atoms with Gasteiger partial charge in [-0.3, -0.25) is 14.9 Å². The van der Waals surface area contributed by atoms with Crippen molar-refractivity contribution in [2.75, 3.05) is 5.32 Å². The highest BCUT2D eigenvalue weighted by Crippen LogP contribution is 2.19. The number of hydrogen-bond acceptors (Lipinski definition) is 6. The Morgan fingerprint density at radius 2 is 2.09 bits per heavy atom. The van der Waals surface area contributed by atoms with E-state index in [4.69, 9.17) is 5.73 Å². The number of halogens is 1. The van der Waals surface area contributed by atoms with Crippen molar-refractivity contribution in [3.8, 4) is 0 Å². The molecule has 3 N–H and O–H groups in total. The fraction of sp³-hybridized carbons (Fsp3) is 0.174. The van der Waals surface area contributed by atoms with Gasteiger partial charge in [0.05, 0.1) is 17.7 Å². The van der Waals surface area contributed by atoms with Crippen molar-refractivity contribution in [2.24, 2.45) is 5.73 Å². The number of nitrogens with zero attached hydrogens (tertiary/aromatic N) is 5. The molecule has 0 fully saturated rings. The van der Waals surface area contributed by atoms with E-state index < -0.39 is 5.95 Å². The highest BCUT2D eigenvalue weighted by Gasteiger charge is 2.14. The minimum absolute atomic E-state index is 0.0789. The summed E-state index contributed by atoms with van der Waals surface area (Å²) >= 11 is 1.30. The number of aromatic nitrogens is 5. The maximum absolute atomic E-state index is 13.4. The van der Waals surface area contributed by atoms with Gasteiger partial charge >= 0.3 is 0 Å². The third-order valence-electron chi connectivity index (χ3n) is 5.00. The Bertz CT molecular complexity index is 1340. The number of carbonyl (C=O) groups excluding carboxylic acids is 2. The number of carbonyl (C=O) groups is 2. The number of thiazole rings is 1.